The first kappa shape index (κ1) is 17.2. The standard InChI is InChI=1S/C19H21N3O2S/c1-14-7-8-17(25-14)19(24)21-13-18(23)20-10-4-11-22-12-9-15-5-2-3-6-16(15)22/h2-3,5-9,12H,4,10-11,13H2,1H3,(H,20,23)(H,21,24). The highest BCUT2D eigenvalue weighted by molar-refractivity contribution is 7.13. The van der Waals surface area contributed by atoms with E-state index in [2.05, 4.69) is 39.6 Å². The zero-order valence-corrected chi connectivity index (χ0v) is 14.9. The van der Waals surface area contributed by atoms with Crippen molar-refractivity contribution in [2.75, 3.05) is 13.1 Å². The molecule has 130 valence electrons. The molecular weight excluding hydrogens is 334 g/mol. The van der Waals surface area contributed by atoms with Crippen molar-refractivity contribution in [3.05, 3.63) is 58.4 Å². The maximum Gasteiger partial charge on any atom is 0.261 e. The van der Waals surface area contributed by atoms with E-state index in [1.807, 2.05) is 25.1 Å². The normalized spacial score (nSPS) is 10.8. The number of nitrogens with zero attached hydrogens (tertiary/aromatic N) is 1. The molecule has 3 aromatic rings. The summed E-state index contributed by atoms with van der Waals surface area (Å²) in [6.07, 6.45) is 2.90. The van der Waals surface area contributed by atoms with E-state index in [4.69, 9.17) is 0 Å². The molecule has 3 rings (SSSR count). The lowest BCUT2D eigenvalue weighted by atomic mass is 10.2. The van der Waals surface area contributed by atoms with Crippen LogP contribution in [0.25, 0.3) is 10.9 Å². The Morgan fingerprint density at radius 1 is 1.08 bits per heavy atom. The largest absolute Gasteiger partial charge is 0.355 e. The summed E-state index contributed by atoms with van der Waals surface area (Å²) < 4.78 is 2.18. The van der Waals surface area contributed by atoms with Gasteiger partial charge in [-0.05, 0) is 43.0 Å². The number of carbonyl (C=O) groups is 2. The van der Waals surface area contributed by atoms with Crippen LogP contribution in [0, 0.1) is 6.92 Å². The number of carbonyl (C=O) groups excluding carboxylic acids is 2. The third-order valence-corrected chi connectivity index (χ3v) is 4.95. The van der Waals surface area contributed by atoms with Gasteiger partial charge in [-0.25, -0.2) is 0 Å². The summed E-state index contributed by atoms with van der Waals surface area (Å²) in [5.41, 5.74) is 1.20. The maximum absolute atomic E-state index is 11.9. The van der Waals surface area contributed by atoms with Crippen LogP contribution in [0.2, 0.25) is 0 Å². The first-order chi connectivity index (χ1) is 12.1. The van der Waals surface area contributed by atoms with Crippen molar-refractivity contribution < 1.29 is 9.59 Å². The number of thiophene rings is 1. The summed E-state index contributed by atoms with van der Waals surface area (Å²) in [5, 5.41) is 6.71. The molecule has 0 fully saturated rings. The molecule has 2 aromatic heterocycles. The van der Waals surface area contributed by atoms with Gasteiger partial charge in [0, 0.05) is 29.7 Å². The van der Waals surface area contributed by atoms with E-state index in [0.29, 0.717) is 11.4 Å². The van der Waals surface area contributed by atoms with Crippen molar-refractivity contribution in [1.82, 2.24) is 15.2 Å². The topological polar surface area (TPSA) is 63.1 Å². The third-order valence-electron chi connectivity index (χ3n) is 3.95. The van der Waals surface area contributed by atoms with Gasteiger partial charge in [0.25, 0.3) is 5.91 Å². The molecule has 0 unspecified atom stereocenters. The quantitative estimate of drug-likeness (QED) is 0.640. The molecule has 0 aliphatic heterocycles. The van der Waals surface area contributed by atoms with Crippen LogP contribution in [-0.4, -0.2) is 29.5 Å². The number of amides is 2. The Labute approximate surface area is 150 Å². The fourth-order valence-corrected chi connectivity index (χ4v) is 3.46. The van der Waals surface area contributed by atoms with Crippen LogP contribution >= 0.6 is 11.3 Å². The van der Waals surface area contributed by atoms with Gasteiger partial charge in [0.05, 0.1) is 11.4 Å². The fourth-order valence-electron chi connectivity index (χ4n) is 2.68. The Morgan fingerprint density at radius 2 is 1.92 bits per heavy atom. The van der Waals surface area contributed by atoms with Gasteiger partial charge in [-0.15, -0.1) is 11.3 Å². The van der Waals surface area contributed by atoms with Crippen molar-refractivity contribution in [3.63, 3.8) is 0 Å². The highest BCUT2D eigenvalue weighted by Crippen LogP contribution is 2.15. The number of para-hydroxylation sites is 1. The second-order valence-electron chi connectivity index (χ2n) is 5.86. The molecule has 0 aliphatic rings. The molecule has 2 N–H and O–H groups in total. The number of rotatable bonds is 7. The van der Waals surface area contributed by atoms with Crippen LogP contribution in [0.15, 0.2) is 48.7 Å². The van der Waals surface area contributed by atoms with Crippen LogP contribution in [0.3, 0.4) is 0 Å². The Bertz CT molecular complexity index is 882. The first-order valence-electron chi connectivity index (χ1n) is 8.29. The zero-order chi connectivity index (χ0) is 17.6. The molecule has 0 radical (unpaired) electrons. The monoisotopic (exact) mass is 355 g/mol. The Morgan fingerprint density at radius 3 is 2.72 bits per heavy atom. The van der Waals surface area contributed by atoms with Crippen molar-refractivity contribution in [1.29, 1.82) is 0 Å². The fraction of sp³-hybridized carbons (Fsp3) is 0.263. The molecule has 2 amide bonds. The summed E-state index contributed by atoms with van der Waals surface area (Å²) in [7, 11) is 0. The molecule has 2 heterocycles. The van der Waals surface area contributed by atoms with Gasteiger partial charge in [0.1, 0.15) is 0 Å². The number of fused-ring (bicyclic) bond motifs is 1. The number of aryl methyl sites for hydroxylation is 2. The minimum atomic E-state index is -0.202. The second kappa shape index (κ2) is 7.98. The smallest absolute Gasteiger partial charge is 0.261 e. The van der Waals surface area contributed by atoms with Gasteiger partial charge in [-0.3, -0.25) is 9.59 Å². The average Bonchev–Trinajstić information content (AvgIpc) is 3.23. The molecule has 5 nitrogen and oxygen atoms in total. The van der Waals surface area contributed by atoms with E-state index >= 15 is 0 Å². The van der Waals surface area contributed by atoms with Crippen LogP contribution in [0.5, 0.6) is 0 Å². The molecule has 0 saturated carbocycles. The molecule has 0 spiro atoms. The van der Waals surface area contributed by atoms with Crippen molar-refractivity contribution in [2.45, 2.75) is 19.9 Å². The van der Waals surface area contributed by atoms with Gasteiger partial charge in [-0.2, -0.15) is 0 Å². The Balaban J connectivity index is 1.37. The van der Waals surface area contributed by atoms with Crippen molar-refractivity contribution in [3.8, 4) is 0 Å². The number of benzene rings is 1. The summed E-state index contributed by atoms with van der Waals surface area (Å²) in [5.74, 6) is -0.369. The molecule has 25 heavy (non-hydrogen) atoms. The SMILES string of the molecule is Cc1ccc(C(=O)NCC(=O)NCCCn2ccc3ccccc32)s1. The van der Waals surface area contributed by atoms with Crippen LogP contribution in [0.1, 0.15) is 21.0 Å². The number of hydrogen-bond donors (Lipinski definition) is 2. The maximum atomic E-state index is 11.9. The lowest BCUT2D eigenvalue weighted by molar-refractivity contribution is -0.120. The Hall–Kier alpha value is -2.60. The third kappa shape index (κ3) is 4.48. The molecule has 6 heteroatoms. The lowest BCUT2D eigenvalue weighted by Crippen LogP contribution is -2.37. The van der Waals surface area contributed by atoms with E-state index < -0.39 is 0 Å². The molecule has 0 aliphatic carbocycles. The summed E-state index contributed by atoms with van der Waals surface area (Å²) in [6.45, 7) is 3.37. The van der Waals surface area contributed by atoms with Crippen LogP contribution in [-0.2, 0) is 11.3 Å². The van der Waals surface area contributed by atoms with Crippen LogP contribution in [0.4, 0.5) is 0 Å². The predicted molar refractivity (Wildman–Crippen MR) is 101 cm³/mol. The average molecular weight is 355 g/mol. The minimum absolute atomic E-state index is 0.00221. The predicted octanol–water partition coefficient (Wildman–Crippen LogP) is 2.95. The summed E-state index contributed by atoms with van der Waals surface area (Å²) >= 11 is 1.42. The van der Waals surface area contributed by atoms with E-state index in [0.717, 1.165) is 17.8 Å². The second-order valence-corrected chi connectivity index (χ2v) is 7.15. The zero-order valence-electron chi connectivity index (χ0n) is 14.1. The van der Waals surface area contributed by atoms with Gasteiger partial charge in [0.15, 0.2) is 0 Å². The van der Waals surface area contributed by atoms with Gasteiger partial charge >= 0.3 is 0 Å². The van der Waals surface area contributed by atoms with E-state index in [-0.39, 0.29) is 18.4 Å². The highest BCUT2D eigenvalue weighted by Gasteiger charge is 2.09. The lowest BCUT2D eigenvalue weighted by Gasteiger charge is -2.08. The molecule has 1 aromatic carbocycles. The van der Waals surface area contributed by atoms with Gasteiger partial charge in [-0.1, -0.05) is 18.2 Å². The highest BCUT2D eigenvalue weighted by atomic mass is 32.1. The molecular formula is C19H21N3O2S. The number of hydrogen-bond acceptors (Lipinski definition) is 3. The number of aromatic nitrogens is 1. The van der Waals surface area contributed by atoms with E-state index in [9.17, 15) is 9.59 Å². The van der Waals surface area contributed by atoms with Crippen LogP contribution < -0.4 is 10.6 Å². The Kier molecular flexibility index (Phi) is 5.50. The summed E-state index contributed by atoms with van der Waals surface area (Å²) in [4.78, 5) is 25.4. The van der Waals surface area contributed by atoms with Gasteiger partial charge < -0.3 is 15.2 Å². The van der Waals surface area contributed by atoms with Gasteiger partial charge in [0.2, 0.25) is 5.91 Å². The summed E-state index contributed by atoms with van der Waals surface area (Å²) in [6, 6.07) is 14.0. The molecule has 0 atom stereocenters. The van der Waals surface area contributed by atoms with E-state index in [1.54, 1.807) is 6.07 Å². The van der Waals surface area contributed by atoms with E-state index in [1.165, 1.54) is 22.2 Å². The van der Waals surface area contributed by atoms with Crippen molar-refractivity contribution in [2.24, 2.45) is 0 Å². The van der Waals surface area contributed by atoms with Crippen molar-refractivity contribution >= 4 is 34.1 Å². The number of nitrogens with one attached hydrogen (secondary N) is 2. The molecule has 0 bridgehead atoms. The minimum Gasteiger partial charge on any atom is -0.355 e. The first-order valence-corrected chi connectivity index (χ1v) is 9.10. The molecule has 0 saturated heterocycles.